The number of hydrogen-bond donors (Lipinski definition) is 2. The molecular weight excluding hydrogens is 402 g/mol. The van der Waals surface area contributed by atoms with Gasteiger partial charge in [0, 0.05) is 11.8 Å². The zero-order valence-corrected chi connectivity index (χ0v) is 15.3. The van der Waals surface area contributed by atoms with Crippen LogP contribution in [0, 0.1) is 21.4 Å². The first kappa shape index (κ1) is 19.1. The molecule has 0 bridgehead atoms. The molecule has 0 atom stereocenters. The third-order valence-corrected chi connectivity index (χ3v) is 4.16. The van der Waals surface area contributed by atoms with Crippen molar-refractivity contribution < 1.29 is 14.8 Å². The summed E-state index contributed by atoms with van der Waals surface area (Å²) in [5, 5.41) is 32.5. The summed E-state index contributed by atoms with van der Waals surface area (Å²) in [6, 6.07) is 11.4. The van der Waals surface area contributed by atoms with Crippen LogP contribution in [0.5, 0.6) is 5.75 Å². The number of carbonyl (C=O) groups is 1. The van der Waals surface area contributed by atoms with Gasteiger partial charge in [0.2, 0.25) is 5.75 Å². The predicted octanol–water partition coefficient (Wildman–Crippen LogP) is 4.17. The number of anilines is 1. The van der Waals surface area contributed by atoms with Gasteiger partial charge in [-0.3, -0.25) is 14.9 Å². The number of nitriles is 1. The van der Waals surface area contributed by atoms with Crippen LogP contribution in [-0.4, -0.2) is 15.9 Å². The van der Waals surface area contributed by atoms with E-state index in [1.807, 2.05) is 19.1 Å². The largest absolute Gasteiger partial charge is 0.501 e. The molecule has 0 spiro atoms. The number of nitro benzene ring substituents is 1. The summed E-state index contributed by atoms with van der Waals surface area (Å²) in [6.07, 6.45) is 2.08. The molecule has 0 aromatic heterocycles. The van der Waals surface area contributed by atoms with E-state index in [4.69, 9.17) is 0 Å². The smallest absolute Gasteiger partial charge is 0.312 e. The van der Waals surface area contributed by atoms with E-state index in [-0.39, 0.29) is 15.6 Å². The number of hydrogen-bond acceptors (Lipinski definition) is 5. The van der Waals surface area contributed by atoms with Gasteiger partial charge in [-0.2, -0.15) is 5.26 Å². The van der Waals surface area contributed by atoms with Crippen molar-refractivity contribution in [1.82, 2.24) is 0 Å². The summed E-state index contributed by atoms with van der Waals surface area (Å²) in [4.78, 5) is 22.5. The van der Waals surface area contributed by atoms with E-state index in [0.717, 1.165) is 18.1 Å². The molecule has 0 saturated carbocycles. The van der Waals surface area contributed by atoms with E-state index < -0.39 is 22.3 Å². The van der Waals surface area contributed by atoms with Crippen LogP contribution in [0.25, 0.3) is 6.08 Å². The number of rotatable bonds is 5. The van der Waals surface area contributed by atoms with Crippen LogP contribution in [0.3, 0.4) is 0 Å². The SMILES string of the molecule is CCc1ccc(NC(=O)C(C#N)=Cc2cc(Br)c(O)c([N+](=O)[O-])c2)cc1. The van der Waals surface area contributed by atoms with Crippen molar-refractivity contribution in [3.05, 3.63) is 67.7 Å². The molecule has 1 amide bonds. The van der Waals surface area contributed by atoms with Crippen LogP contribution >= 0.6 is 15.9 Å². The zero-order chi connectivity index (χ0) is 19.3. The van der Waals surface area contributed by atoms with Gasteiger partial charge in [-0.1, -0.05) is 19.1 Å². The van der Waals surface area contributed by atoms with Gasteiger partial charge in [-0.25, -0.2) is 0 Å². The topological polar surface area (TPSA) is 116 Å². The Bertz CT molecular complexity index is 931. The number of aryl methyl sites for hydroxylation is 1. The molecular formula is C18H14BrN3O4. The van der Waals surface area contributed by atoms with E-state index >= 15 is 0 Å². The summed E-state index contributed by atoms with van der Waals surface area (Å²) >= 11 is 3.01. The fourth-order valence-electron chi connectivity index (χ4n) is 2.16. The van der Waals surface area contributed by atoms with Gasteiger partial charge in [-0.15, -0.1) is 0 Å². The number of phenolic OH excluding ortho intramolecular Hbond substituents is 1. The van der Waals surface area contributed by atoms with Gasteiger partial charge in [0.1, 0.15) is 11.6 Å². The lowest BCUT2D eigenvalue weighted by atomic mass is 10.1. The second kappa shape index (κ2) is 8.27. The lowest BCUT2D eigenvalue weighted by molar-refractivity contribution is -0.386. The molecule has 0 aliphatic heterocycles. The molecule has 7 nitrogen and oxygen atoms in total. The number of phenols is 1. The van der Waals surface area contributed by atoms with Crippen LogP contribution in [-0.2, 0) is 11.2 Å². The average molecular weight is 416 g/mol. The second-order valence-corrected chi connectivity index (χ2v) is 6.16. The number of benzene rings is 2. The van der Waals surface area contributed by atoms with E-state index in [9.17, 15) is 25.3 Å². The molecule has 2 N–H and O–H groups in total. The van der Waals surface area contributed by atoms with Gasteiger partial charge in [0.15, 0.2) is 0 Å². The number of amides is 1. The minimum absolute atomic E-state index is 0.0887. The summed E-state index contributed by atoms with van der Waals surface area (Å²) in [7, 11) is 0. The van der Waals surface area contributed by atoms with Crippen LogP contribution < -0.4 is 5.32 Å². The van der Waals surface area contributed by atoms with Crippen molar-refractivity contribution in [1.29, 1.82) is 5.26 Å². The highest BCUT2D eigenvalue weighted by atomic mass is 79.9. The molecule has 0 aliphatic rings. The monoisotopic (exact) mass is 415 g/mol. The van der Waals surface area contributed by atoms with Crippen LogP contribution in [0.1, 0.15) is 18.1 Å². The minimum atomic E-state index is -0.751. The highest BCUT2D eigenvalue weighted by Crippen LogP contribution is 2.35. The normalized spacial score (nSPS) is 10.9. The van der Waals surface area contributed by atoms with Crippen LogP contribution in [0.15, 0.2) is 46.4 Å². The second-order valence-electron chi connectivity index (χ2n) is 5.30. The summed E-state index contributed by atoms with van der Waals surface area (Å²) in [5.41, 5.74) is 1.12. The molecule has 132 valence electrons. The van der Waals surface area contributed by atoms with Crippen molar-refractivity contribution in [2.24, 2.45) is 0 Å². The lowest BCUT2D eigenvalue weighted by Gasteiger charge is -2.06. The number of nitro groups is 1. The summed E-state index contributed by atoms with van der Waals surface area (Å²) in [6.45, 7) is 2.01. The number of carbonyl (C=O) groups excluding carboxylic acids is 1. The van der Waals surface area contributed by atoms with E-state index in [2.05, 4.69) is 21.2 Å². The molecule has 2 aromatic rings. The minimum Gasteiger partial charge on any atom is -0.501 e. The van der Waals surface area contributed by atoms with E-state index in [0.29, 0.717) is 5.69 Å². The lowest BCUT2D eigenvalue weighted by Crippen LogP contribution is -2.13. The van der Waals surface area contributed by atoms with Gasteiger partial charge in [-0.05, 0) is 57.8 Å². The molecule has 2 aromatic carbocycles. The Morgan fingerprint density at radius 3 is 2.58 bits per heavy atom. The van der Waals surface area contributed by atoms with E-state index in [1.54, 1.807) is 18.2 Å². The highest BCUT2D eigenvalue weighted by molar-refractivity contribution is 9.10. The fourth-order valence-corrected chi connectivity index (χ4v) is 2.63. The van der Waals surface area contributed by atoms with Gasteiger partial charge in [0.25, 0.3) is 5.91 Å². The van der Waals surface area contributed by atoms with E-state index in [1.165, 1.54) is 12.1 Å². The van der Waals surface area contributed by atoms with Crippen molar-refractivity contribution in [3.63, 3.8) is 0 Å². The highest BCUT2D eigenvalue weighted by Gasteiger charge is 2.18. The molecule has 0 radical (unpaired) electrons. The Kier molecular flexibility index (Phi) is 6.09. The molecule has 2 rings (SSSR count). The summed E-state index contributed by atoms with van der Waals surface area (Å²) < 4.78 is 0.0887. The van der Waals surface area contributed by atoms with Crippen molar-refractivity contribution in [3.8, 4) is 11.8 Å². The number of nitrogens with one attached hydrogen (secondary N) is 1. The Hall–Kier alpha value is -3.18. The predicted molar refractivity (Wildman–Crippen MR) is 101 cm³/mol. The van der Waals surface area contributed by atoms with Gasteiger partial charge < -0.3 is 10.4 Å². The molecule has 0 saturated heterocycles. The quantitative estimate of drug-likeness (QED) is 0.328. The van der Waals surface area contributed by atoms with Crippen molar-refractivity contribution in [2.45, 2.75) is 13.3 Å². The van der Waals surface area contributed by atoms with Crippen molar-refractivity contribution >= 4 is 39.3 Å². The Labute approximate surface area is 157 Å². The molecule has 8 heteroatoms. The maximum absolute atomic E-state index is 12.3. The average Bonchev–Trinajstić information content (AvgIpc) is 2.62. The first-order valence-corrected chi connectivity index (χ1v) is 8.34. The van der Waals surface area contributed by atoms with Crippen molar-refractivity contribution in [2.75, 3.05) is 5.32 Å². The van der Waals surface area contributed by atoms with Crippen LogP contribution in [0.2, 0.25) is 0 Å². The molecule has 0 aliphatic carbocycles. The van der Waals surface area contributed by atoms with Gasteiger partial charge in [0.05, 0.1) is 9.40 Å². The Balaban J connectivity index is 2.30. The maximum Gasteiger partial charge on any atom is 0.312 e. The maximum atomic E-state index is 12.3. The van der Waals surface area contributed by atoms with Gasteiger partial charge >= 0.3 is 5.69 Å². The first-order valence-electron chi connectivity index (χ1n) is 7.54. The fraction of sp³-hybridized carbons (Fsp3) is 0.111. The molecule has 0 fully saturated rings. The standard InChI is InChI=1S/C18H14BrN3O4/c1-2-11-3-5-14(6-4-11)21-18(24)13(10-20)7-12-8-15(19)17(23)16(9-12)22(25)26/h3-9,23H,2H2,1H3,(H,21,24). The molecule has 26 heavy (non-hydrogen) atoms. The number of halogens is 1. The third kappa shape index (κ3) is 4.46. The zero-order valence-electron chi connectivity index (χ0n) is 13.7. The first-order chi connectivity index (χ1) is 12.3. The molecule has 0 unspecified atom stereocenters. The Morgan fingerprint density at radius 2 is 2.04 bits per heavy atom. The number of nitrogens with zero attached hydrogens (tertiary/aromatic N) is 2. The Morgan fingerprint density at radius 1 is 1.38 bits per heavy atom. The summed E-state index contributed by atoms with van der Waals surface area (Å²) in [5.74, 6) is -1.16. The number of aromatic hydroxyl groups is 1. The van der Waals surface area contributed by atoms with Crippen LogP contribution in [0.4, 0.5) is 11.4 Å². The third-order valence-electron chi connectivity index (χ3n) is 3.56. The molecule has 0 heterocycles.